The first-order valence-corrected chi connectivity index (χ1v) is 7.25. The lowest BCUT2D eigenvalue weighted by Gasteiger charge is -2.42. The lowest BCUT2D eigenvalue weighted by molar-refractivity contribution is 0.346. The Morgan fingerprint density at radius 2 is 1.84 bits per heavy atom. The van der Waals surface area contributed by atoms with Crippen LogP contribution < -0.4 is 5.32 Å². The van der Waals surface area contributed by atoms with E-state index >= 15 is 0 Å². The molecule has 1 aliphatic rings. The predicted molar refractivity (Wildman–Crippen MR) is 83.1 cm³/mol. The maximum atomic E-state index is 4.57. The third kappa shape index (κ3) is 2.32. The van der Waals surface area contributed by atoms with Crippen molar-refractivity contribution in [3.05, 3.63) is 41.6 Å². The van der Waals surface area contributed by atoms with Crippen molar-refractivity contribution < 1.29 is 0 Å². The number of aliphatic imine (C=N–C) groups is 1. The molecule has 1 N–H and O–H groups in total. The number of nitrogens with zero attached hydrogens (tertiary/aromatic N) is 1. The lowest BCUT2D eigenvalue weighted by Crippen LogP contribution is -2.51. The SMILES string of the molecule is CCC1=C(c2ccccc2)C(CC)(C(C)C)NC=N1. The molecule has 1 heterocycles. The van der Waals surface area contributed by atoms with Crippen molar-refractivity contribution >= 4 is 11.9 Å². The van der Waals surface area contributed by atoms with Gasteiger partial charge in [-0.15, -0.1) is 0 Å². The molecule has 0 saturated heterocycles. The first-order chi connectivity index (χ1) is 9.15. The van der Waals surface area contributed by atoms with E-state index in [1.54, 1.807) is 0 Å². The molecule has 2 nitrogen and oxygen atoms in total. The summed E-state index contributed by atoms with van der Waals surface area (Å²) in [6.07, 6.45) is 3.91. The summed E-state index contributed by atoms with van der Waals surface area (Å²) in [6.45, 7) is 9.00. The number of hydrogen-bond acceptors (Lipinski definition) is 2. The second-order valence-corrected chi connectivity index (χ2v) is 5.42. The van der Waals surface area contributed by atoms with Crippen LogP contribution in [0.4, 0.5) is 0 Å². The molecule has 1 aromatic carbocycles. The van der Waals surface area contributed by atoms with Gasteiger partial charge in [-0.25, -0.2) is 4.99 Å². The zero-order chi connectivity index (χ0) is 13.9. The van der Waals surface area contributed by atoms with Crippen molar-refractivity contribution in [3.63, 3.8) is 0 Å². The molecule has 0 aliphatic carbocycles. The van der Waals surface area contributed by atoms with E-state index in [2.05, 4.69) is 68.3 Å². The van der Waals surface area contributed by atoms with Gasteiger partial charge in [0, 0.05) is 11.3 Å². The van der Waals surface area contributed by atoms with Crippen molar-refractivity contribution in [2.75, 3.05) is 0 Å². The molecule has 1 aromatic rings. The van der Waals surface area contributed by atoms with Gasteiger partial charge in [0.2, 0.25) is 0 Å². The van der Waals surface area contributed by atoms with Crippen LogP contribution >= 0.6 is 0 Å². The second-order valence-electron chi connectivity index (χ2n) is 5.42. The molecule has 102 valence electrons. The zero-order valence-electron chi connectivity index (χ0n) is 12.4. The number of benzene rings is 1. The quantitative estimate of drug-likeness (QED) is 0.856. The van der Waals surface area contributed by atoms with E-state index < -0.39 is 0 Å². The average molecular weight is 256 g/mol. The minimum atomic E-state index is -0.00551. The predicted octanol–water partition coefficient (Wildman–Crippen LogP) is 4.24. The summed E-state index contributed by atoms with van der Waals surface area (Å²) < 4.78 is 0. The number of nitrogens with one attached hydrogen (secondary N) is 1. The molecule has 0 spiro atoms. The zero-order valence-corrected chi connectivity index (χ0v) is 12.4. The fourth-order valence-electron chi connectivity index (χ4n) is 3.06. The van der Waals surface area contributed by atoms with Crippen LogP contribution in [-0.2, 0) is 0 Å². The Bertz CT molecular complexity index is 485. The standard InChI is InChI=1S/C17H24N2/c1-5-15-16(14-10-8-7-9-11-14)17(6-2,13(3)4)19-12-18-15/h7-13H,5-6H2,1-4H3,(H,18,19). The Hall–Kier alpha value is -1.57. The maximum absolute atomic E-state index is 4.57. The molecule has 0 bridgehead atoms. The van der Waals surface area contributed by atoms with Crippen LogP contribution in [0.5, 0.6) is 0 Å². The smallest absolute Gasteiger partial charge is 0.0889 e. The van der Waals surface area contributed by atoms with E-state index in [-0.39, 0.29) is 5.54 Å². The van der Waals surface area contributed by atoms with Gasteiger partial charge in [0.1, 0.15) is 0 Å². The van der Waals surface area contributed by atoms with Gasteiger partial charge in [-0.2, -0.15) is 0 Å². The van der Waals surface area contributed by atoms with Crippen molar-refractivity contribution in [2.45, 2.75) is 46.1 Å². The Morgan fingerprint density at radius 3 is 2.37 bits per heavy atom. The highest BCUT2D eigenvalue weighted by Crippen LogP contribution is 2.40. The molecule has 1 aliphatic heterocycles. The van der Waals surface area contributed by atoms with Crippen molar-refractivity contribution in [2.24, 2.45) is 10.9 Å². The maximum Gasteiger partial charge on any atom is 0.0889 e. The second kappa shape index (κ2) is 5.60. The fraction of sp³-hybridized carbons (Fsp3) is 0.471. The van der Waals surface area contributed by atoms with Crippen LogP contribution in [0.3, 0.4) is 0 Å². The van der Waals surface area contributed by atoms with Crippen LogP contribution in [0, 0.1) is 5.92 Å². The molecule has 0 aromatic heterocycles. The molecule has 0 radical (unpaired) electrons. The summed E-state index contributed by atoms with van der Waals surface area (Å²) in [5.41, 5.74) is 3.87. The van der Waals surface area contributed by atoms with Gasteiger partial charge in [-0.3, -0.25) is 0 Å². The van der Waals surface area contributed by atoms with Crippen LogP contribution in [0.15, 0.2) is 41.0 Å². The highest BCUT2D eigenvalue weighted by atomic mass is 15.1. The molecule has 0 saturated carbocycles. The minimum absolute atomic E-state index is 0.00551. The van der Waals surface area contributed by atoms with Gasteiger partial charge in [0.05, 0.1) is 11.9 Å². The van der Waals surface area contributed by atoms with Gasteiger partial charge in [-0.05, 0) is 24.3 Å². The molecule has 1 atom stereocenters. The van der Waals surface area contributed by atoms with Crippen LogP contribution in [0.25, 0.3) is 5.57 Å². The first kappa shape index (κ1) is 13.9. The third-order valence-corrected chi connectivity index (χ3v) is 4.22. The number of hydrogen-bond donors (Lipinski definition) is 1. The lowest BCUT2D eigenvalue weighted by atomic mass is 9.73. The van der Waals surface area contributed by atoms with Gasteiger partial charge < -0.3 is 5.32 Å². The Morgan fingerprint density at radius 1 is 1.16 bits per heavy atom. The Labute approximate surface area is 116 Å². The van der Waals surface area contributed by atoms with E-state index in [1.807, 2.05) is 6.34 Å². The summed E-state index contributed by atoms with van der Waals surface area (Å²) in [5, 5.41) is 3.55. The number of allylic oxidation sites excluding steroid dienone is 1. The van der Waals surface area contributed by atoms with Gasteiger partial charge in [0.15, 0.2) is 0 Å². The van der Waals surface area contributed by atoms with Crippen LogP contribution in [0.2, 0.25) is 0 Å². The third-order valence-electron chi connectivity index (χ3n) is 4.22. The highest BCUT2D eigenvalue weighted by molar-refractivity contribution is 5.82. The van der Waals surface area contributed by atoms with E-state index in [4.69, 9.17) is 0 Å². The van der Waals surface area contributed by atoms with Crippen molar-refractivity contribution in [1.29, 1.82) is 0 Å². The fourth-order valence-corrected chi connectivity index (χ4v) is 3.06. The average Bonchev–Trinajstić information content (AvgIpc) is 2.46. The van der Waals surface area contributed by atoms with Gasteiger partial charge >= 0.3 is 0 Å². The molecular formula is C17H24N2. The summed E-state index contributed by atoms with van der Waals surface area (Å²) in [7, 11) is 0. The summed E-state index contributed by atoms with van der Waals surface area (Å²) in [6, 6.07) is 10.7. The van der Waals surface area contributed by atoms with E-state index in [0.717, 1.165) is 12.8 Å². The summed E-state index contributed by atoms with van der Waals surface area (Å²) in [5.74, 6) is 0.515. The van der Waals surface area contributed by atoms with E-state index in [0.29, 0.717) is 5.92 Å². The first-order valence-electron chi connectivity index (χ1n) is 7.25. The Kier molecular flexibility index (Phi) is 4.08. The molecule has 19 heavy (non-hydrogen) atoms. The van der Waals surface area contributed by atoms with E-state index in [1.165, 1.54) is 16.8 Å². The topological polar surface area (TPSA) is 24.4 Å². The summed E-state index contributed by atoms with van der Waals surface area (Å²) >= 11 is 0. The summed E-state index contributed by atoms with van der Waals surface area (Å²) in [4.78, 5) is 4.57. The largest absolute Gasteiger partial charge is 0.366 e. The molecule has 0 amide bonds. The monoisotopic (exact) mass is 256 g/mol. The molecule has 0 fully saturated rings. The Balaban J connectivity index is 2.64. The minimum Gasteiger partial charge on any atom is -0.366 e. The normalized spacial score (nSPS) is 22.8. The van der Waals surface area contributed by atoms with Crippen molar-refractivity contribution in [3.8, 4) is 0 Å². The molecule has 2 heteroatoms. The van der Waals surface area contributed by atoms with Gasteiger partial charge in [-0.1, -0.05) is 58.0 Å². The number of rotatable bonds is 4. The van der Waals surface area contributed by atoms with Gasteiger partial charge in [0.25, 0.3) is 0 Å². The molecule has 1 unspecified atom stereocenters. The molecule has 2 rings (SSSR count). The van der Waals surface area contributed by atoms with Crippen molar-refractivity contribution in [1.82, 2.24) is 5.32 Å². The van der Waals surface area contributed by atoms with Crippen LogP contribution in [-0.4, -0.2) is 11.9 Å². The van der Waals surface area contributed by atoms with E-state index in [9.17, 15) is 0 Å². The highest BCUT2D eigenvalue weighted by Gasteiger charge is 2.39. The van der Waals surface area contributed by atoms with Crippen LogP contribution in [0.1, 0.15) is 46.1 Å². The molecular weight excluding hydrogens is 232 g/mol.